The van der Waals surface area contributed by atoms with Crippen molar-refractivity contribution in [2.24, 2.45) is 5.92 Å². The first-order valence-electron chi connectivity index (χ1n) is 8.86. The van der Waals surface area contributed by atoms with Crippen LogP contribution in [0.15, 0.2) is 52.0 Å². The number of rotatable bonds is 9. The van der Waals surface area contributed by atoms with E-state index in [1.54, 1.807) is 44.3 Å². The maximum Gasteiger partial charge on any atom is 0.241 e. The molecular weight excluding hydrogens is 446 g/mol. The largest absolute Gasteiger partial charge is 0.478 e. The van der Waals surface area contributed by atoms with E-state index in [0.717, 1.165) is 10.0 Å². The van der Waals surface area contributed by atoms with Gasteiger partial charge in [0.25, 0.3) is 0 Å². The molecule has 0 aliphatic rings. The van der Waals surface area contributed by atoms with E-state index in [1.165, 1.54) is 12.1 Å². The minimum absolute atomic E-state index is 0.102. The molecule has 2 aromatic rings. The summed E-state index contributed by atoms with van der Waals surface area (Å²) in [5.74, 6) is -0.155. The van der Waals surface area contributed by atoms with Crippen LogP contribution in [0.2, 0.25) is 0 Å². The van der Waals surface area contributed by atoms with E-state index in [2.05, 4.69) is 31.0 Å². The first kappa shape index (κ1) is 22.3. The lowest BCUT2D eigenvalue weighted by Crippen LogP contribution is -2.49. The molecule has 2 N–H and O–H groups in total. The highest BCUT2D eigenvalue weighted by atomic mass is 79.9. The van der Waals surface area contributed by atoms with Gasteiger partial charge in [0, 0.05) is 23.3 Å². The molecule has 1 aromatic carbocycles. The van der Waals surface area contributed by atoms with Crippen LogP contribution in [0.5, 0.6) is 5.88 Å². The second-order valence-corrected chi connectivity index (χ2v) is 9.08. The van der Waals surface area contributed by atoms with Gasteiger partial charge >= 0.3 is 0 Å². The third-order valence-electron chi connectivity index (χ3n) is 3.91. The lowest BCUT2D eigenvalue weighted by molar-refractivity contribution is -0.123. The van der Waals surface area contributed by atoms with Gasteiger partial charge in [0.15, 0.2) is 0 Å². The summed E-state index contributed by atoms with van der Waals surface area (Å²) in [7, 11) is -3.82. The number of benzene rings is 1. The number of sulfonamides is 1. The molecule has 0 radical (unpaired) electrons. The van der Waals surface area contributed by atoms with Gasteiger partial charge in [0.2, 0.25) is 21.8 Å². The van der Waals surface area contributed by atoms with Gasteiger partial charge in [-0.3, -0.25) is 4.79 Å². The number of carbonyl (C=O) groups is 1. The maximum absolute atomic E-state index is 12.6. The van der Waals surface area contributed by atoms with Crippen molar-refractivity contribution in [1.29, 1.82) is 0 Å². The number of hydrogen-bond acceptors (Lipinski definition) is 5. The van der Waals surface area contributed by atoms with E-state index in [4.69, 9.17) is 4.74 Å². The maximum atomic E-state index is 12.6. The van der Waals surface area contributed by atoms with Crippen LogP contribution in [0, 0.1) is 5.92 Å². The van der Waals surface area contributed by atoms with Crippen molar-refractivity contribution in [2.45, 2.75) is 38.3 Å². The highest BCUT2D eigenvalue weighted by Crippen LogP contribution is 2.16. The third kappa shape index (κ3) is 6.29. The number of hydrogen-bond donors (Lipinski definition) is 2. The summed E-state index contributed by atoms with van der Waals surface area (Å²) in [5, 5.41) is 2.78. The van der Waals surface area contributed by atoms with Crippen LogP contribution in [-0.4, -0.2) is 32.0 Å². The van der Waals surface area contributed by atoms with E-state index < -0.39 is 22.0 Å². The molecule has 152 valence electrons. The number of pyridine rings is 1. The summed E-state index contributed by atoms with van der Waals surface area (Å²) in [5.41, 5.74) is 0.810. The Morgan fingerprint density at radius 2 is 1.89 bits per heavy atom. The summed E-state index contributed by atoms with van der Waals surface area (Å²) in [6.45, 7) is 6.17. The molecule has 1 aromatic heterocycles. The van der Waals surface area contributed by atoms with Gasteiger partial charge in [0.1, 0.15) is 6.04 Å². The van der Waals surface area contributed by atoms with Gasteiger partial charge in [0.05, 0.1) is 11.5 Å². The third-order valence-corrected chi connectivity index (χ3v) is 5.90. The van der Waals surface area contributed by atoms with Gasteiger partial charge in [-0.2, -0.15) is 4.72 Å². The van der Waals surface area contributed by atoms with Crippen molar-refractivity contribution >= 4 is 31.9 Å². The summed E-state index contributed by atoms with van der Waals surface area (Å²) in [6.07, 6.45) is 1.60. The van der Waals surface area contributed by atoms with Gasteiger partial charge in [-0.1, -0.05) is 29.8 Å². The van der Waals surface area contributed by atoms with Crippen molar-refractivity contribution in [3.05, 3.63) is 52.6 Å². The molecule has 0 aliphatic carbocycles. The highest BCUT2D eigenvalue weighted by Gasteiger charge is 2.28. The second kappa shape index (κ2) is 9.99. The zero-order valence-electron chi connectivity index (χ0n) is 16.0. The van der Waals surface area contributed by atoms with Crippen molar-refractivity contribution in [3.63, 3.8) is 0 Å². The van der Waals surface area contributed by atoms with Crippen LogP contribution in [0.3, 0.4) is 0 Å². The Kier molecular flexibility index (Phi) is 7.97. The van der Waals surface area contributed by atoms with Crippen LogP contribution >= 0.6 is 15.9 Å². The number of halogens is 1. The van der Waals surface area contributed by atoms with E-state index in [9.17, 15) is 13.2 Å². The molecule has 1 amide bonds. The average Bonchev–Trinajstić information content (AvgIpc) is 2.65. The lowest BCUT2D eigenvalue weighted by Gasteiger charge is -2.21. The molecule has 1 atom stereocenters. The molecule has 0 spiro atoms. The Hall–Kier alpha value is -1.97. The fraction of sp³-hybridized carbons (Fsp3) is 0.368. The molecule has 0 unspecified atom stereocenters. The van der Waals surface area contributed by atoms with Crippen LogP contribution in [0.4, 0.5) is 0 Å². The zero-order chi connectivity index (χ0) is 20.7. The summed E-state index contributed by atoms with van der Waals surface area (Å²) in [6, 6.07) is 8.83. The normalized spacial score (nSPS) is 12.6. The van der Waals surface area contributed by atoms with Gasteiger partial charge < -0.3 is 10.1 Å². The van der Waals surface area contributed by atoms with Crippen LogP contribution in [-0.2, 0) is 21.4 Å². The van der Waals surface area contributed by atoms with Crippen LogP contribution in [0.25, 0.3) is 0 Å². The summed E-state index contributed by atoms with van der Waals surface area (Å²) < 4.78 is 33.9. The number of ether oxygens (including phenoxy) is 1. The smallest absolute Gasteiger partial charge is 0.241 e. The standard InChI is InChI=1S/C19H24BrN3O4S/c1-4-27-17-11-14(9-10-21-17)12-22-19(24)18(13(2)3)23-28(25,26)16-7-5-15(20)6-8-16/h5-11,13,18,23H,4,12H2,1-3H3,(H,22,24)/t18-/m0/s1. The van der Waals surface area contributed by atoms with E-state index in [0.29, 0.717) is 12.5 Å². The predicted octanol–water partition coefficient (Wildman–Crippen LogP) is 2.86. The van der Waals surface area contributed by atoms with Crippen LogP contribution < -0.4 is 14.8 Å². The van der Waals surface area contributed by atoms with E-state index in [1.807, 2.05) is 6.92 Å². The topological polar surface area (TPSA) is 97.4 Å². The molecule has 0 saturated carbocycles. The Morgan fingerprint density at radius 1 is 1.21 bits per heavy atom. The molecule has 0 aliphatic heterocycles. The fourth-order valence-electron chi connectivity index (χ4n) is 2.43. The molecular formula is C19H24BrN3O4S. The zero-order valence-corrected chi connectivity index (χ0v) is 18.4. The Balaban J connectivity index is 2.07. The van der Waals surface area contributed by atoms with Gasteiger partial charge in [-0.25, -0.2) is 13.4 Å². The number of carbonyl (C=O) groups excluding carboxylic acids is 1. The Morgan fingerprint density at radius 3 is 2.50 bits per heavy atom. The van der Waals surface area contributed by atoms with Crippen molar-refractivity contribution in [3.8, 4) is 5.88 Å². The molecule has 0 bridgehead atoms. The molecule has 1 heterocycles. The Labute approximate surface area is 174 Å². The monoisotopic (exact) mass is 469 g/mol. The second-order valence-electron chi connectivity index (χ2n) is 6.45. The first-order valence-corrected chi connectivity index (χ1v) is 11.1. The molecule has 2 rings (SSSR count). The van der Waals surface area contributed by atoms with Crippen molar-refractivity contribution < 1.29 is 17.9 Å². The molecule has 7 nitrogen and oxygen atoms in total. The fourth-order valence-corrected chi connectivity index (χ4v) is 4.04. The minimum Gasteiger partial charge on any atom is -0.478 e. The van der Waals surface area contributed by atoms with E-state index >= 15 is 0 Å². The molecule has 0 fully saturated rings. The number of amides is 1. The highest BCUT2D eigenvalue weighted by molar-refractivity contribution is 9.10. The quantitative estimate of drug-likeness (QED) is 0.588. The predicted molar refractivity (Wildman–Crippen MR) is 110 cm³/mol. The van der Waals surface area contributed by atoms with Crippen LogP contribution in [0.1, 0.15) is 26.3 Å². The van der Waals surface area contributed by atoms with E-state index in [-0.39, 0.29) is 17.4 Å². The Bertz CT molecular complexity index is 902. The van der Waals surface area contributed by atoms with Gasteiger partial charge in [-0.05, 0) is 48.7 Å². The number of nitrogens with one attached hydrogen (secondary N) is 2. The van der Waals surface area contributed by atoms with Crippen molar-refractivity contribution in [1.82, 2.24) is 15.0 Å². The van der Waals surface area contributed by atoms with Crippen molar-refractivity contribution in [2.75, 3.05) is 6.61 Å². The SMILES string of the molecule is CCOc1cc(CNC(=O)[C@@H](NS(=O)(=O)c2ccc(Br)cc2)C(C)C)ccn1. The molecule has 0 saturated heterocycles. The number of nitrogens with zero attached hydrogens (tertiary/aromatic N) is 1. The minimum atomic E-state index is -3.82. The average molecular weight is 470 g/mol. The lowest BCUT2D eigenvalue weighted by atomic mass is 10.0. The van der Waals surface area contributed by atoms with Gasteiger partial charge in [-0.15, -0.1) is 0 Å². The first-order chi connectivity index (χ1) is 13.2. The number of aromatic nitrogens is 1. The summed E-state index contributed by atoms with van der Waals surface area (Å²) in [4.78, 5) is 16.8. The molecule has 28 heavy (non-hydrogen) atoms. The summed E-state index contributed by atoms with van der Waals surface area (Å²) >= 11 is 3.27. The molecule has 9 heteroatoms.